The first-order chi connectivity index (χ1) is 11.9. The van der Waals surface area contributed by atoms with Crippen molar-refractivity contribution in [2.75, 3.05) is 17.1 Å². The van der Waals surface area contributed by atoms with E-state index in [0.29, 0.717) is 19.6 Å². The Bertz CT molecular complexity index is 824. The minimum absolute atomic E-state index is 0.0461. The van der Waals surface area contributed by atoms with Crippen LogP contribution in [0.25, 0.3) is 0 Å². The first kappa shape index (κ1) is 19.2. The van der Waals surface area contributed by atoms with Gasteiger partial charge in [-0.3, -0.25) is 4.72 Å². The molecule has 0 heterocycles. The molecule has 0 radical (unpaired) electrons. The topological polar surface area (TPSA) is 92.7 Å². The summed E-state index contributed by atoms with van der Waals surface area (Å²) in [5.41, 5.74) is 1.02. The molecule has 8 heteroatoms. The van der Waals surface area contributed by atoms with Crippen LogP contribution in [0.4, 0.5) is 5.69 Å². The van der Waals surface area contributed by atoms with Gasteiger partial charge in [0.1, 0.15) is 0 Å². The van der Waals surface area contributed by atoms with Crippen LogP contribution >= 0.6 is 11.6 Å². The van der Waals surface area contributed by atoms with Crippen LogP contribution in [0.3, 0.4) is 0 Å². The number of benzene rings is 2. The maximum atomic E-state index is 12.1. The number of carboxylic acid groups (broad SMARTS) is 1. The van der Waals surface area contributed by atoms with Crippen molar-refractivity contribution in [1.29, 1.82) is 0 Å². The van der Waals surface area contributed by atoms with Crippen LogP contribution in [0.15, 0.2) is 48.5 Å². The fourth-order valence-corrected chi connectivity index (χ4v) is 3.38. The molecule has 0 aliphatic carbocycles. The van der Waals surface area contributed by atoms with E-state index in [1.807, 2.05) is 30.3 Å². The van der Waals surface area contributed by atoms with Crippen molar-refractivity contribution in [3.8, 4) is 0 Å². The van der Waals surface area contributed by atoms with E-state index in [-0.39, 0.29) is 22.0 Å². The number of carbonyl (C=O) groups is 1. The molecule has 0 bridgehead atoms. The molecular weight excluding hydrogens is 366 g/mol. The second-order valence-corrected chi connectivity index (χ2v) is 7.56. The lowest BCUT2D eigenvalue weighted by Crippen LogP contribution is -2.18. The summed E-state index contributed by atoms with van der Waals surface area (Å²) in [4.78, 5) is 11.0. The van der Waals surface area contributed by atoms with E-state index < -0.39 is 16.0 Å². The van der Waals surface area contributed by atoms with Crippen molar-refractivity contribution >= 4 is 33.3 Å². The first-order valence-electron chi connectivity index (χ1n) is 7.52. The highest BCUT2D eigenvalue weighted by atomic mass is 35.5. The van der Waals surface area contributed by atoms with Gasteiger partial charge >= 0.3 is 5.97 Å². The monoisotopic (exact) mass is 383 g/mol. The zero-order chi connectivity index (χ0) is 18.3. The van der Waals surface area contributed by atoms with Gasteiger partial charge in [-0.25, -0.2) is 13.2 Å². The molecule has 2 N–H and O–H groups in total. The van der Waals surface area contributed by atoms with Crippen molar-refractivity contribution in [1.82, 2.24) is 0 Å². The lowest BCUT2D eigenvalue weighted by Gasteiger charge is -2.10. The molecule has 0 fully saturated rings. The molecule has 6 nitrogen and oxygen atoms in total. The van der Waals surface area contributed by atoms with Crippen LogP contribution in [0, 0.1) is 0 Å². The second kappa shape index (κ2) is 8.84. The number of hydrogen-bond acceptors (Lipinski definition) is 4. The lowest BCUT2D eigenvalue weighted by molar-refractivity contribution is 0.0697. The number of nitrogens with one attached hydrogen (secondary N) is 1. The van der Waals surface area contributed by atoms with E-state index in [0.717, 1.165) is 5.56 Å². The molecular formula is C17H18ClNO5S. The Morgan fingerprint density at radius 2 is 1.88 bits per heavy atom. The van der Waals surface area contributed by atoms with Gasteiger partial charge in [0, 0.05) is 12.3 Å². The van der Waals surface area contributed by atoms with Crippen molar-refractivity contribution in [3.63, 3.8) is 0 Å². The van der Waals surface area contributed by atoms with Crippen molar-refractivity contribution in [3.05, 3.63) is 64.7 Å². The molecule has 2 aromatic carbocycles. The maximum absolute atomic E-state index is 12.1. The zero-order valence-corrected chi connectivity index (χ0v) is 14.9. The van der Waals surface area contributed by atoms with Gasteiger partial charge in [-0.05, 0) is 30.2 Å². The van der Waals surface area contributed by atoms with E-state index in [9.17, 15) is 13.2 Å². The molecule has 0 unspecified atom stereocenters. The van der Waals surface area contributed by atoms with E-state index in [2.05, 4.69) is 4.72 Å². The lowest BCUT2D eigenvalue weighted by atomic mass is 10.2. The third-order valence-electron chi connectivity index (χ3n) is 3.28. The van der Waals surface area contributed by atoms with Gasteiger partial charge in [-0.15, -0.1) is 0 Å². The van der Waals surface area contributed by atoms with Gasteiger partial charge in [-0.1, -0.05) is 41.9 Å². The summed E-state index contributed by atoms with van der Waals surface area (Å²) in [5, 5.41) is 9.05. The molecule has 2 rings (SSSR count). The minimum atomic E-state index is -3.60. The molecule has 0 atom stereocenters. The smallest absolute Gasteiger partial charge is 0.337 e. The summed E-state index contributed by atoms with van der Waals surface area (Å²) in [6.07, 6.45) is 0.321. The fourth-order valence-electron chi connectivity index (χ4n) is 2.10. The number of carboxylic acids is 1. The third kappa shape index (κ3) is 6.38. The third-order valence-corrected chi connectivity index (χ3v) is 4.99. The van der Waals surface area contributed by atoms with Crippen LogP contribution in [-0.2, 0) is 21.4 Å². The number of hydrogen-bond donors (Lipinski definition) is 2. The van der Waals surface area contributed by atoms with Gasteiger partial charge in [0.15, 0.2) is 0 Å². The number of aromatic carboxylic acids is 1. The van der Waals surface area contributed by atoms with Crippen LogP contribution < -0.4 is 4.72 Å². The zero-order valence-electron chi connectivity index (χ0n) is 13.3. The molecule has 0 spiro atoms. The van der Waals surface area contributed by atoms with Crippen molar-refractivity contribution < 1.29 is 23.1 Å². The Morgan fingerprint density at radius 1 is 1.16 bits per heavy atom. The minimum Gasteiger partial charge on any atom is -0.478 e. The van der Waals surface area contributed by atoms with E-state index >= 15 is 0 Å². The molecule has 0 aromatic heterocycles. The molecule has 0 saturated heterocycles. The van der Waals surface area contributed by atoms with Crippen LogP contribution in [0.5, 0.6) is 0 Å². The Kier molecular flexibility index (Phi) is 6.81. The van der Waals surface area contributed by atoms with E-state index in [4.69, 9.17) is 21.4 Å². The molecule has 0 amide bonds. The molecule has 2 aromatic rings. The van der Waals surface area contributed by atoms with Crippen LogP contribution in [-0.4, -0.2) is 31.9 Å². The van der Waals surface area contributed by atoms with Crippen molar-refractivity contribution in [2.45, 2.75) is 13.0 Å². The quantitative estimate of drug-likeness (QED) is 0.647. The molecule has 0 saturated carbocycles. The molecule has 0 aliphatic rings. The number of ether oxygens (including phenoxy) is 1. The number of rotatable bonds is 9. The van der Waals surface area contributed by atoms with Crippen LogP contribution in [0.2, 0.25) is 5.02 Å². The van der Waals surface area contributed by atoms with Gasteiger partial charge in [0.05, 0.1) is 22.9 Å². The van der Waals surface area contributed by atoms with Gasteiger partial charge in [0.25, 0.3) is 0 Å². The normalized spacial score (nSPS) is 11.2. The summed E-state index contributed by atoms with van der Waals surface area (Å²) < 4.78 is 31.9. The summed E-state index contributed by atoms with van der Waals surface area (Å²) in [7, 11) is -3.60. The van der Waals surface area contributed by atoms with Gasteiger partial charge in [0.2, 0.25) is 10.0 Å². The summed E-state index contributed by atoms with van der Waals surface area (Å²) in [6.45, 7) is 0.726. The summed E-state index contributed by atoms with van der Waals surface area (Å²) in [5.74, 6) is -1.35. The fraction of sp³-hybridized carbons (Fsp3) is 0.235. The summed E-state index contributed by atoms with van der Waals surface area (Å²) in [6, 6.07) is 13.5. The van der Waals surface area contributed by atoms with Crippen molar-refractivity contribution in [2.24, 2.45) is 0 Å². The highest BCUT2D eigenvalue weighted by Gasteiger charge is 2.14. The Labute approximate surface area is 151 Å². The van der Waals surface area contributed by atoms with Gasteiger partial charge in [-0.2, -0.15) is 0 Å². The molecule has 25 heavy (non-hydrogen) atoms. The average molecular weight is 384 g/mol. The van der Waals surface area contributed by atoms with E-state index in [1.165, 1.54) is 18.2 Å². The number of sulfonamides is 1. The number of halogens is 1. The highest BCUT2D eigenvalue weighted by molar-refractivity contribution is 7.92. The van der Waals surface area contributed by atoms with E-state index in [1.54, 1.807) is 0 Å². The first-order valence-corrected chi connectivity index (χ1v) is 9.55. The summed E-state index contributed by atoms with van der Waals surface area (Å²) >= 11 is 5.76. The Morgan fingerprint density at radius 3 is 2.56 bits per heavy atom. The standard InChI is InChI=1S/C17H18ClNO5S/c18-16-8-7-14(11-15(16)17(20)21)19-25(22,23)10-4-9-24-12-13-5-2-1-3-6-13/h1-3,5-8,11,19H,4,9-10,12H2,(H,20,21). The number of anilines is 1. The predicted molar refractivity (Wildman–Crippen MR) is 96.5 cm³/mol. The largest absolute Gasteiger partial charge is 0.478 e. The predicted octanol–water partition coefficient (Wildman–Crippen LogP) is 3.39. The Hall–Kier alpha value is -2.09. The van der Waals surface area contributed by atoms with Gasteiger partial charge < -0.3 is 9.84 Å². The highest BCUT2D eigenvalue weighted by Crippen LogP contribution is 2.21. The molecule has 0 aliphatic heterocycles. The molecule has 134 valence electrons. The second-order valence-electron chi connectivity index (χ2n) is 5.31. The van der Waals surface area contributed by atoms with Crippen LogP contribution in [0.1, 0.15) is 22.3 Å². The maximum Gasteiger partial charge on any atom is 0.337 e. The SMILES string of the molecule is O=C(O)c1cc(NS(=O)(=O)CCCOCc2ccccc2)ccc1Cl. The Balaban J connectivity index is 1.81. The average Bonchev–Trinajstić information content (AvgIpc) is 2.56.